The minimum Gasteiger partial charge on any atom is -0.344 e. The molecule has 0 saturated heterocycles. The fraction of sp³-hybridized carbons (Fsp3) is 0.158. The van der Waals surface area contributed by atoms with Crippen LogP contribution in [0.2, 0.25) is 0 Å². The Morgan fingerprint density at radius 3 is 2.55 bits per heavy atom. The first-order valence-electron chi connectivity index (χ1n) is 8.75. The van der Waals surface area contributed by atoms with Gasteiger partial charge in [-0.1, -0.05) is 6.07 Å². The first kappa shape index (κ1) is 21.6. The number of alkyl halides is 3. The summed E-state index contributed by atoms with van der Waals surface area (Å²) in [5, 5.41) is 17.4. The SMILES string of the molecule is C[C@@H](NC(=O)c1ccc(=O)n(-c2ccccn2)n1)c1cc([N+](=O)[O-])cc(C(F)(F)F)c1. The predicted octanol–water partition coefficient (Wildman–Crippen LogP) is 3.05. The molecule has 0 unspecified atom stereocenters. The Balaban J connectivity index is 1.90. The summed E-state index contributed by atoms with van der Waals surface area (Å²) in [6.45, 7) is 1.37. The van der Waals surface area contributed by atoms with Crippen molar-refractivity contribution in [3.05, 3.63) is 92.0 Å². The van der Waals surface area contributed by atoms with Gasteiger partial charge in [-0.25, -0.2) is 4.98 Å². The molecule has 3 aromatic rings. The minimum absolute atomic E-state index is 0.118. The van der Waals surface area contributed by atoms with Gasteiger partial charge < -0.3 is 5.32 Å². The minimum atomic E-state index is -4.80. The third-order valence-electron chi connectivity index (χ3n) is 4.23. The van der Waals surface area contributed by atoms with Gasteiger partial charge in [0.25, 0.3) is 17.2 Å². The number of halogens is 3. The van der Waals surface area contributed by atoms with Gasteiger partial charge in [-0.3, -0.25) is 19.7 Å². The third kappa shape index (κ3) is 4.91. The number of nitro groups is 1. The lowest BCUT2D eigenvalue weighted by atomic mass is 10.0. The lowest BCUT2D eigenvalue weighted by molar-refractivity contribution is -0.385. The first-order valence-corrected chi connectivity index (χ1v) is 8.75. The van der Waals surface area contributed by atoms with Crippen molar-refractivity contribution >= 4 is 11.6 Å². The molecule has 0 aliphatic rings. The third-order valence-corrected chi connectivity index (χ3v) is 4.23. The van der Waals surface area contributed by atoms with Crippen LogP contribution in [-0.4, -0.2) is 25.6 Å². The highest BCUT2D eigenvalue weighted by Crippen LogP contribution is 2.34. The first-order chi connectivity index (χ1) is 14.6. The van der Waals surface area contributed by atoms with Crippen LogP contribution in [-0.2, 0) is 6.18 Å². The Labute approximate surface area is 172 Å². The lowest BCUT2D eigenvalue weighted by Crippen LogP contribution is -2.31. The molecule has 3 rings (SSSR count). The van der Waals surface area contributed by atoms with Gasteiger partial charge in [-0.05, 0) is 36.8 Å². The summed E-state index contributed by atoms with van der Waals surface area (Å²) >= 11 is 0. The molecule has 1 aromatic carbocycles. The van der Waals surface area contributed by atoms with Crippen molar-refractivity contribution in [2.45, 2.75) is 19.1 Å². The molecule has 0 saturated carbocycles. The molecule has 9 nitrogen and oxygen atoms in total. The molecule has 2 heterocycles. The standard InChI is InChI=1S/C19H14F3N5O4/c1-11(12-8-13(19(20,21)22)10-14(9-12)27(30)31)24-18(29)15-5-6-17(28)26(25-15)16-4-2-3-7-23-16/h2-11H,1H3,(H,24,29)/t11-/m1/s1. The van der Waals surface area contributed by atoms with Crippen LogP contribution in [0.25, 0.3) is 5.82 Å². The molecule has 0 bridgehead atoms. The molecule has 0 spiro atoms. The highest BCUT2D eigenvalue weighted by atomic mass is 19.4. The number of nitrogens with zero attached hydrogens (tertiary/aromatic N) is 4. The number of carbonyl (C=O) groups is 1. The molecule has 0 radical (unpaired) electrons. The fourth-order valence-electron chi connectivity index (χ4n) is 2.68. The van der Waals surface area contributed by atoms with Crippen molar-refractivity contribution in [1.29, 1.82) is 0 Å². The van der Waals surface area contributed by atoms with Gasteiger partial charge in [-0.15, -0.1) is 0 Å². The fourth-order valence-corrected chi connectivity index (χ4v) is 2.68. The number of rotatable bonds is 5. The Morgan fingerprint density at radius 1 is 1.19 bits per heavy atom. The quantitative estimate of drug-likeness (QED) is 0.488. The van der Waals surface area contributed by atoms with Crippen molar-refractivity contribution < 1.29 is 22.9 Å². The van der Waals surface area contributed by atoms with Crippen LogP contribution >= 0.6 is 0 Å². The molecular formula is C19H14F3N5O4. The average molecular weight is 433 g/mol. The molecule has 31 heavy (non-hydrogen) atoms. The highest BCUT2D eigenvalue weighted by molar-refractivity contribution is 5.92. The number of carbonyl (C=O) groups excluding carboxylic acids is 1. The number of hydrogen-bond acceptors (Lipinski definition) is 6. The number of benzene rings is 1. The second-order valence-corrected chi connectivity index (χ2v) is 6.42. The van der Waals surface area contributed by atoms with Crippen molar-refractivity contribution in [3.8, 4) is 5.82 Å². The summed E-state index contributed by atoms with van der Waals surface area (Å²) in [4.78, 5) is 38.6. The summed E-state index contributed by atoms with van der Waals surface area (Å²) in [6.07, 6.45) is -3.37. The number of amides is 1. The summed E-state index contributed by atoms with van der Waals surface area (Å²) in [7, 11) is 0. The second-order valence-electron chi connectivity index (χ2n) is 6.42. The summed E-state index contributed by atoms with van der Waals surface area (Å²) < 4.78 is 40.2. The Morgan fingerprint density at radius 2 is 1.94 bits per heavy atom. The van der Waals surface area contributed by atoms with Gasteiger partial charge >= 0.3 is 6.18 Å². The molecule has 1 N–H and O–H groups in total. The molecule has 0 fully saturated rings. The van der Waals surface area contributed by atoms with E-state index in [1.165, 1.54) is 19.2 Å². The zero-order valence-corrected chi connectivity index (χ0v) is 15.8. The lowest BCUT2D eigenvalue weighted by Gasteiger charge is -2.16. The normalized spacial score (nSPS) is 12.3. The van der Waals surface area contributed by atoms with Gasteiger partial charge in [-0.2, -0.15) is 23.0 Å². The predicted molar refractivity (Wildman–Crippen MR) is 102 cm³/mol. The maximum Gasteiger partial charge on any atom is 0.416 e. The average Bonchev–Trinajstić information content (AvgIpc) is 2.73. The number of aromatic nitrogens is 3. The number of non-ortho nitro benzene ring substituents is 1. The summed E-state index contributed by atoms with van der Waals surface area (Å²) in [5.41, 5.74) is -2.82. The molecule has 12 heteroatoms. The number of nitro benzene ring substituents is 1. The van der Waals surface area contributed by atoms with Crippen molar-refractivity contribution in [3.63, 3.8) is 0 Å². The topological polar surface area (TPSA) is 120 Å². The van der Waals surface area contributed by atoms with E-state index in [9.17, 15) is 32.9 Å². The molecule has 2 aromatic heterocycles. The van der Waals surface area contributed by atoms with E-state index in [0.29, 0.717) is 6.07 Å². The number of hydrogen-bond donors (Lipinski definition) is 1. The van der Waals surface area contributed by atoms with Gasteiger partial charge in [0, 0.05) is 24.4 Å². The maximum atomic E-state index is 13.1. The van der Waals surface area contributed by atoms with E-state index in [2.05, 4.69) is 15.4 Å². The van der Waals surface area contributed by atoms with Gasteiger partial charge in [0.05, 0.1) is 16.5 Å². The Kier molecular flexibility index (Phi) is 5.81. The zero-order chi connectivity index (χ0) is 22.8. The van der Waals surface area contributed by atoms with Gasteiger partial charge in [0.1, 0.15) is 5.69 Å². The van der Waals surface area contributed by atoms with Gasteiger partial charge in [0.2, 0.25) is 0 Å². The van der Waals surface area contributed by atoms with E-state index in [-0.39, 0.29) is 17.1 Å². The molecule has 0 aliphatic carbocycles. The van der Waals surface area contributed by atoms with Gasteiger partial charge in [0.15, 0.2) is 5.82 Å². The molecule has 160 valence electrons. The maximum absolute atomic E-state index is 13.1. The number of pyridine rings is 1. The summed E-state index contributed by atoms with van der Waals surface area (Å²) in [6, 6.07) is 8.05. The zero-order valence-electron chi connectivity index (χ0n) is 15.8. The monoisotopic (exact) mass is 433 g/mol. The largest absolute Gasteiger partial charge is 0.416 e. The summed E-state index contributed by atoms with van der Waals surface area (Å²) in [5.74, 6) is -0.624. The van der Waals surface area contributed by atoms with Crippen molar-refractivity contribution in [2.24, 2.45) is 0 Å². The van der Waals surface area contributed by atoms with Crippen LogP contribution in [0.4, 0.5) is 18.9 Å². The molecule has 1 atom stereocenters. The van der Waals surface area contributed by atoms with Crippen LogP contribution in [0.15, 0.2) is 59.5 Å². The molecule has 1 amide bonds. The smallest absolute Gasteiger partial charge is 0.344 e. The van der Waals surface area contributed by atoms with Crippen molar-refractivity contribution in [1.82, 2.24) is 20.1 Å². The van der Waals surface area contributed by atoms with Crippen LogP contribution in [0, 0.1) is 10.1 Å². The van der Waals surface area contributed by atoms with E-state index < -0.39 is 39.9 Å². The van der Waals surface area contributed by atoms with Crippen LogP contribution < -0.4 is 10.9 Å². The van der Waals surface area contributed by atoms with Crippen LogP contribution in [0.1, 0.15) is 34.6 Å². The van der Waals surface area contributed by atoms with Crippen LogP contribution in [0.5, 0.6) is 0 Å². The second kappa shape index (κ2) is 8.34. The molecule has 0 aliphatic heterocycles. The Hall–Kier alpha value is -4.09. The van der Waals surface area contributed by atoms with E-state index in [0.717, 1.165) is 28.9 Å². The van der Waals surface area contributed by atoms with E-state index in [4.69, 9.17) is 0 Å². The van der Waals surface area contributed by atoms with Crippen LogP contribution in [0.3, 0.4) is 0 Å². The Bertz CT molecular complexity index is 1200. The van der Waals surface area contributed by atoms with E-state index in [1.807, 2.05) is 0 Å². The number of nitrogens with one attached hydrogen (secondary N) is 1. The van der Waals surface area contributed by atoms with E-state index >= 15 is 0 Å². The molecular weight excluding hydrogens is 419 g/mol. The highest BCUT2D eigenvalue weighted by Gasteiger charge is 2.33. The van der Waals surface area contributed by atoms with Crippen molar-refractivity contribution in [2.75, 3.05) is 0 Å². The van der Waals surface area contributed by atoms with E-state index in [1.54, 1.807) is 12.1 Å².